The van der Waals surface area contributed by atoms with Gasteiger partial charge in [-0.05, 0) is 68.1 Å². The Morgan fingerprint density at radius 1 is 1.12 bits per heavy atom. The lowest BCUT2D eigenvalue weighted by Crippen LogP contribution is -2.16. The highest BCUT2D eigenvalue weighted by atomic mass is 16.5. The van der Waals surface area contributed by atoms with Crippen LogP contribution in [0.4, 0.5) is 0 Å². The minimum absolute atomic E-state index is 0.241. The van der Waals surface area contributed by atoms with Crippen molar-refractivity contribution in [1.82, 2.24) is 4.98 Å². The topological polar surface area (TPSA) is 51.0 Å². The third kappa shape index (κ3) is 3.17. The highest BCUT2D eigenvalue weighted by Gasteiger charge is 2.18. The maximum absolute atomic E-state index is 6.15. The second-order valence-corrected chi connectivity index (χ2v) is 6.40. The van der Waals surface area contributed by atoms with Crippen molar-refractivity contribution in [2.45, 2.75) is 33.1 Å². The summed E-state index contributed by atoms with van der Waals surface area (Å²) in [5.41, 5.74) is 12.4. The summed E-state index contributed by atoms with van der Waals surface area (Å²) in [7, 11) is 0. The molecule has 126 valence electrons. The Kier molecular flexibility index (Phi) is 4.91. The summed E-state index contributed by atoms with van der Waals surface area (Å²) in [6.45, 7) is 7.56. The lowest BCUT2D eigenvalue weighted by molar-refractivity contribution is 0.333. The Balaban J connectivity index is 1.98. The molecule has 0 bridgehead atoms. The fraction of sp³-hybridized carbons (Fsp3) is 0.333. The normalized spacial score (nSPS) is 12.5. The fourth-order valence-electron chi connectivity index (χ4n) is 3.30. The van der Waals surface area contributed by atoms with Gasteiger partial charge in [0.25, 0.3) is 0 Å². The van der Waals surface area contributed by atoms with E-state index < -0.39 is 0 Å². The largest absolute Gasteiger partial charge is 0.494 e. The van der Waals surface area contributed by atoms with Gasteiger partial charge in [-0.3, -0.25) is 0 Å². The number of hydrogen-bond donors (Lipinski definition) is 2. The number of aromatic amines is 1. The number of nitrogens with two attached hydrogens (primary N) is 1. The van der Waals surface area contributed by atoms with Gasteiger partial charge in [0.1, 0.15) is 5.75 Å². The van der Waals surface area contributed by atoms with Gasteiger partial charge in [-0.2, -0.15) is 0 Å². The van der Waals surface area contributed by atoms with E-state index >= 15 is 0 Å². The molecule has 2 aromatic carbocycles. The first-order chi connectivity index (χ1) is 11.6. The van der Waals surface area contributed by atoms with Crippen LogP contribution in [0, 0.1) is 13.8 Å². The molecule has 0 aliphatic heterocycles. The number of aryl methyl sites for hydroxylation is 2. The number of ether oxygens (including phenoxy) is 1. The monoisotopic (exact) mass is 322 g/mol. The third-order valence-electron chi connectivity index (χ3n) is 4.79. The Labute approximate surface area is 143 Å². The van der Waals surface area contributed by atoms with Crippen LogP contribution in [0.1, 0.15) is 35.1 Å². The first-order valence-electron chi connectivity index (χ1n) is 8.63. The molecule has 0 spiro atoms. The Hall–Kier alpha value is -2.26. The molecule has 0 aliphatic carbocycles. The molecular weight excluding hydrogens is 296 g/mol. The summed E-state index contributed by atoms with van der Waals surface area (Å²) in [5, 5.41) is 1.28. The molecule has 3 N–H and O–H groups in total. The van der Waals surface area contributed by atoms with E-state index in [9.17, 15) is 0 Å². The minimum atomic E-state index is 0.241. The van der Waals surface area contributed by atoms with Crippen LogP contribution in [0.2, 0.25) is 0 Å². The molecule has 0 saturated carbocycles. The number of H-pyrrole nitrogens is 1. The van der Waals surface area contributed by atoms with E-state index in [0.717, 1.165) is 12.2 Å². The maximum Gasteiger partial charge on any atom is 0.123 e. The molecule has 3 rings (SSSR count). The highest BCUT2D eigenvalue weighted by Crippen LogP contribution is 2.33. The highest BCUT2D eigenvalue weighted by molar-refractivity contribution is 5.83. The molecule has 3 heteroatoms. The number of rotatable bonds is 6. The first-order valence-corrected chi connectivity index (χ1v) is 8.63. The smallest absolute Gasteiger partial charge is 0.123 e. The Morgan fingerprint density at radius 2 is 1.88 bits per heavy atom. The van der Waals surface area contributed by atoms with Crippen molar-refractivity contribution in [1.29, 1.82) is 0 Å². The van der Waals surface area contributed by atoms with Crippen molar-refractivity contribution < 1.29 is 4.74 Å². The second kappa shape index (κ2) is 7.10. The maximum atomic E-state index is 6.15. The molecule has 0 fully saturated rings. The standard InChI is InChI=1S/C21H26N2O/c1-4-24-21-10-15(3)14(2)9-19(21)16(12-22)11-17-13-23-20-8-6-5-7-18(17)20/h5-10,13,16,23H,4,11-12,22H2,1-3H3. The molecule has 1 heterocycles. The zero-order valence-electron chi connectivity index (χ0n) is 14.7. The zero-order chi connectivity index (χ0) is 17.1. The van der Waals surface area contributed by atoms with Gasteiger partial charge in [0.05, 0.1) is 6.61 Å². The van der Waals surface area contributed by atoms with Crippen LogP contribution in [0.5, 0.6) is 5.75 Å². The van der Waals surface area contributed by atoms with Crippen LogP contribution >= 0.6 is 0 Å². The molecule has 1 aromatic heterocycles. The van der Waals surface area contributed by atoms with Crippen molar-refractivity contribution in [3.8, 4) is 5.75 Å². The fourth-order valence-corrected chi connectivity index (χ4v) is 3.30. The predicted octanol–water partition coefficient (Wildman–Crippen LogP) is 4.47. The van der Waals surface area contributed by atoms with Crippen molar-refractivity contribution >= 4 is 10.9 Å². The summed E-state index contributed by atoms with van der Waals surface area (Å²) in [6, 6.07) is 12.8. The van der Waals surface area contributed by atoms with Crippen LogP contribution in [0.15, 0.2) is 42.6 Å². The van der Waals surface area contributed by atoms with E-state index in [0.29, 0.717) is 13.2 Å². The van der Waals surface area contributed by atoms with E-state index in [4.69, 9.17) is 10.5 Å². The Morgan fingerprint density at radius 3 is 2.62 bits per heavy atom. The molecule has 0 saturated heterocycles. The average molecular weight is 322 g/mol. The molecule has 0 radical (unpaired) electrons. The molecule has 0 aliphatic rings. The first kappa shape index (κ1) is 16.6. The van der Waals surface area contributed by atoms with Gasteiger partial charge >= 0.3 is 0 Å². The number of benzene rings is 2. The van der Waals surface area contributed by atoms with Crippen LogP contribution in [-0.4, -0.2) is 18.1 Å². The molecule has 0 amide bonds. The van der Waals surface area contributed by atoms with E-state index in [1.807, 2.05) is 6.92 Å². The van der Waals surface area contributed by atoms with Crippen molar-refractivity contribution in [3.05, 3.63) is 64.8 Å². The number of hydrogen-bond acceptors (Lipinski definition) is 2. The third-order valence-corrected chi connectivity index (χ3v) is 4.79. The van der Waals surface area contributed by atoms with Gasteiger partial charge in [0, 0.05) is 23.0 Å². The predicted molar refractivity (Wildman–Crippen MR) is 101 cm³/mol. The number of fused-ring (bicyclic) bond motifs is 1. The summed E-state index contributed by atoms with van der Waals surface area (Å²) < 4.78 is 5.90. The van der Waals surface area contributed by atoms with Crippen molar-refractivity contribution in [2.75, 3.05) is 13.2 Å². The van der Waals surface area contributed by atoms with Gasteiger partial charge in [-0.25, -0.2) is 0 Å². The lowest BCUT2D eigenvalue weighted by Gasteiger charge is -2.20. The van der Waals surface area contributed by atoms with Crippen LogP contribution in [0.3, 0.4) is 0 Å². The van der Waals surface area contributed by atoms with Gasteiger partial charge < -0.3 is 15.5 Å². The van der Waals surface area contributed by atoms with Gasteiger partial charge in [0.2, 0.25) is 0 Å². The quantitative estimate of drug-likeness (QED) is 0.703. The second-order valence-electron chi connectivity index (χ2n) is 6.40. The number of nitrogens with one attached hydrogen (secondary N) is 1. The zero-order valence-corrected chi connectivity index (χ0v) is 14.7. The number of aromatic nitrogens is 1. The molecular formula is C21H26N2O. The molecule has 1 atom stereocenters. The van der Waals surface area contributed by atoms with E-state index in [2.05, 4.69) is 61.4 Å². The van der Waals surface area contributed by atoms with E-state index in [1.165, 1.54) is 33.2 Å². The van der Waals surface area contributed by atoms with Crippen LogP contribution in [0.25, 0.3) is 10.9 Å². The summed E-state index contributed by atoms with van der Waals surface area (Å²) in [4.78, 5) is 3.36. The van der Waals surface area contributed by atoms with Crippen LogP contribution < -0.4 is 10.5 Å². The number of para-hydroxylation sites is 1. The Bertz CT molecular complexity index is 835. The van der Waals surface area contributed by atoms with Crippen LogP contribution in [-0.2, 0) is 6.42 Å². The summed E-state index contributed by atoms with van der Waals surface area (Å²) >= 11 is 0. The van der Waals surface area contributed by atoms with E-state index in [1.54, 1.807) is 0 Å². The molecule has 3 nitrogen and oxygen atoms in total. The minimum Gasteiger partial charge on any atom is -0.494 e. The van der Waals surface area contributed by atoms with Crippen molar-refractivity contribution in [3.63, 3.8) is 0 Å². The van der Waals surface area contributed by atoms with Crippen molar-refractivity contribution in [2.24, 2.45) is 5.73 Å². The molecule has 3 aromatic rings. The van der Waals surface area contributed by atoms with Gasteiger partial charge in [0.15, 0.2) is 0 Å². The van der Waals surface area contributed by atoms with E-state index in [-0.39, 0.29) is 5.92 Å². The average Bonchev–Trinajstić information content (AvgIpc) is 2.99. The summed E-state index contributed by atoms with van der Waals surface area (Å²) in [6.07, 6.45) is 3.01. The van der Waals surface area contributed by atoms with Gasteiger partial charge in [-0.15, -0.1) is 0 Å². The summed E-state index contributed by atoms with van der Waals surface area (Å²) in [5.74, 6) is 1.21. The van der Waals surface area contributed by atoms with Gasteiger partial charge in [-0.1, -0.05) is 24.3 Å². The lowest BCUT2D eigenvalue weighted by atomic mass is 9.89. The SMILES string of the molecule is CCOc1cc(C)c(C)cc1C(CN)Cc1c[nH]c2ccccc12. The molecule has 24 heavy (non-hydrogen) atoms. The molecule has 1 unspecified atom stereocenters.